The highest BCUT2D eigenvalue weighted by atomic mass is 19.1. The molecular formula is C17H22FN5O. The van der Waals surface area contributed by atoms with E-state index in [4.69, 9.17) is 0 Å². The molecule has 1 aromatic heterocycles. The van der Waals surface area contributed by atoms with Crippen LogP contribution in [-0.2, 0) is 7.05 Å². The molecule has 0 saturated carbocycles. The number of aromatic nitrogens is 3. The third-order valence-corrected chi connectivity index (χ3v) is 4.53. The van der Waals surface area contributed by atoms with Gasteiger partial charge in [0.2, 0.25) is 0 Å². The zero-order valence-electron chi connectivity index (χ0n) is 13.9. The van der Waals surface area contributed by atoms with Crippen LogP contribution in [0.15, 0.2) is 30.6 Å². The Hall–Kier alpha value is -2.44. The number of halogens is 1. The van der Waals surface area contributed by atoms with Gasteiger partial charge in [0.25, 0.3) is 0 Å². The van der Waals surface area contributed by atoms with Gasteiger partial charge in [0, 0.05) is 26.1 Å². The number of hydrogen-bond donors (Lipinski definition) is 1. The van der Waals surface area contributed by atoms with Crippen molar-refractivity contribution in [2.75, 3.05) is 13.1 Å². The first-order chi connectivity index (χ1) is 11.5. The van der Waals surface area contributed by atoms with E-state index in [-0.39, 0.29) is 23.8 Å². The molecule has 7 heteroatoms. The van der Waals surface area contributed by atoms with E-state index in [1.165, 1.54) is 12.1 Å². The van der Waals surface area contributed by atoms with Crippen LogP contribution in [0.25, 0.3) is 0 Å². The summed E-state index contributed by atoms with van der Waals surface area (Å²) in [6.07, 6.45) is 3.63. The first kappa shape index (κ1) is 16.4. The Balaban J connectivity index is 1.62. The van der Waals surface area contributed by atoms with Crippen molar-refractivity contribution in [3.8, 4) is 0 Å². The normalized spacial score (nSPS) is 19.1. The zero-order chi connectivity index (χ0) is 17.1. The second-order valence-corrected chi connectivity index (χ2v) is 6.31. The maximum absolute atomic E-state index is 13.0. The summed E-state index contributed by atoms with van der Waals surface area (Å²) in [5.41, 5.74) is 0.881. The topological polar surface area (TPSA) is 63.1 Å². The van der Waals surface area contributed by atoms with Crippen molar-refractivity contribution in [1.82, 2.24) is 25.0 Å². The number of urea groups is 1. The summed E-state index contributed by atoms with van der Waals surface area (Å²) >= 11 is 0. The Morgan fingerprint density at radius 2 is 2.12 bits per heavy atom. The smallest absolute Gasteiger partial charge is 0.317 e. The van der Waals surface area contributed by atoms with Crippen molar-refractivity contribution in [3.63, 3.8) is 0 Å². The average Bonchev–Trinajstić information content (AvgIpc) is 3.01. The van der Waals surface area contributed by atoms with Gasteiger partial charge in [-0.15, -0.1) is 10.2 Å². The van der Waals surface area contributed by atoms with E-state index in [9.17, 15) is 9.18 Å². The lowest BCUT2D eigenvalue weighted by atomic mass is 9.97. The molecule has 1 fully saturated rings. The highest BCUT2D eigenvalue weighted by Gasteiger charge is 2.28. The van der Waals surface area contributed by atoms with Gasteiger partial charge in [0.15, 0.2) is 0 Å². The van der Waals surface area contributed by atoms with E-state index < -0.39 is 0 Å². The number of amides is 2. The van der Waals surface area contributed by atoms with Crippen LogP contribution in [-0.4, -0.2) is 38.8 Å². The van der Waals surface area contributed by atoms with E-state index in [0.29, 0.717) is 6.54 Å². The van der Waals surface area contributed by atoms with E-state index in [1.807, 2.05) is 23.4 Å². The standard InChI is InChI=1S/C17H22FN5O/c1-12(13-5-7-15(18)8-6-13)20-17(24)23-9-3-4-14(10-23)16-21-19-11-22(16)2/h5-8,11-12,14H,3-4,9-10H2,1-2H3,(H,20,24)/t12-,14+/m1/s1. The molecule has 1 aliphatic rings. The second kappa shape index (κ2) is 6.98. The van der Waals surface area contributed by atoms with Crippen molar-refractivity contribution in [2.45, 2.75) is 31.7 Å². The molecule has 6 nitrogen and oxygen atoms in total. The molecule has 0 unspecified atom stereocenters. The van der Waals surface area contributed by atoms with Crippen molar-refractivity contribution in [1.29, 1.82) is 0 Å². The number of carbonyl (C=O) groups is 1. The molecule has 3 rings (SSSR count). The molecule has 1 N–H and O–H groups in total. The van der Waals surface area contributed by atoms with E-state index in [0.717, 1.165) is 30.8 Å². The van der Waals surface area contributed by atoms with Crippen LogP contribution in [0.2, 0.25) is 0 Å². The number of carbonyl (C=O) groups excluding carboxylic acids is 1. The summed E-state index contributed by atoms with van der Waals surface area (Å²) in [6, 6.07) is 5.93. The largest absolute Gasteiger partial charge is 0.331 e. The number of hydrogen-bond acceptors (Lipinski definition) is 3. The van der Waals surface area contributed by atoms with Crippen molar-refractivity contribution >= 4 is 6.03 Å². The van der Waals surface area contributed by atoms with Crippen molar-refractivity contribution < 1.29 is 9.18 Å². The Kier molecular flexibility index (Phi) is 4.78. The molecule has 0 aliphatic carbocycles. The van der Waals surface area contributed by atoms with Gasteiger partial charge in [-0.3, -0.25) is 0 Å². The lowest BCUT2D eigenvalue weighted by Crippen LogP contribution is -2.45. The predicted octanol–water partition coefficient (Wildman–Crippen LogP) is 2.60. The fraction of sp³-hybridized carbons (Fsp3) is 0.471. The Bertz CT molecular complexity index is 699. The van der Waals surface area contributed by atoms with Gasteiger partial charge in [-0.05, 0) is 37.5 Å². The first-order valence-corrected chi connectivity index (χ1v) is 8.19. The summed E-state index contributed by atoms with van der Waals surface area (Å²) in [5, 5.41) is 11.1. The Morgan fingerprint density at radius 3 is 2.79 bits per heavy atom. The number of rotatable bonds is 3. The molecule has 0 bridgehead atoms. The lowest BCUT2D eigenvalue weighted by Gasteiger charge is -2.33. The first-order valence-electron chi connectivity index (χ1n) is 8.19. The number of piperidine rings is 1. The van der Waals surface area contributed by atoms with E-state index in [2.05, 4.69) is 15.5 Å². The fourth-order valence-electron chi connectivity index (χ4n) is 3.15. The van der Waals surface area contributed by atoms with Gasteiger partial charge >= 0.3 is 6.03 Å². The third-order valence-electron chi connectivity index (χ3n) is 4.53. The van der Waals surface area contributed by atoms with Gasteiger partial charge in [0.1, 0.15) is 18.0 Å². The van der Waals surface area contributed by atoms with E-state index in [1.54, 1.807) is 18.5 Å². The van der Waals surface area contributed by atoms with Gasteiger partial charge in [-0.25, -0.2) is 9.18 Å². The molecule has 2 atom stereocenters. The van der Waals surface area contributed by atoms with Gasteiger partial charge in [0.05, 0.1) is 6.04 Å². The molecule has 24 heavy (non-hydrogen) atoms. The summed E-state index contributed by atoms with van der Waals surface area (Å²) in [5.74, 6) is 0.844. The molecular weight excluding hydrogens is 309 g/mol. The third kappa shape index (κ3) is 3.55. The minimum absolute atomic E-state index is 0.0984. The van der Waals surface area contributed by atoms with Crippen LogP contribution in [0.4, 0.5) is 9.18 Å². The quantitative estimate of drug-likeness (QED) is 0.940. The number of aryl methyl sites for hydroxylation is 1. The Morgan fingerprint density at radius 1 is 1.38 bits per heavy atom. The minimum Gasteiger partial charge on any atom is -0.331 e. The minimum atomic E-state index is -0.278. The van der Waals surface area contributed by atoms with Crippen molar-refractivity contribution in [2.24, 2.45) is 7.05 Å². The molecule has 1 aliphatic heterocycles. The fourth-order valence-corrected chi connectivity index (χ4v) is 3.15. The van der Waals surface area contributed by atoms with Crippen LogP contribution >= 0.6 is 0 Å². The number of benzene rings is 1. The predicted molar refractivity (Wildman–Crippen MR) is 87.9 cm³/mol. The van der Waals surface area contributed by atoms with Crippen LogP contribution in [0, 0.1) is 5.82 Å². The van der Waals surface area contributed by atoms with E-state index >= 15 is 0 Å². The molecule has 2 amide bonds. The summed E-state index contributed by atoms with van der Waals surface area (Å²) in [6.45, 7) is 3.26. The zero-order valence-corrected chi connectivity index (χ0v) is 13.9. The highest BCUT2D eigenvalue weighted by Crippen LogP contribution is 2.25. The average molecular weight is 331 g/mol. The second-order valence-electron chi connectivity index (χ2n) is 6.31. The maximum atomic E-state index is 13.0. The lowest BCUT2D eigenvalue weighted by molar-refractivity contribution is 0.175. The highest BCUT2D eigenvalue weighted by molar-refractivity contribution is 5.74. The van der Waals surface area contributed by atoms with Gasteiger partial charge in [-0.1, -0.05) is 12.1 Å². The number of nitrogens with zero attached hydrogens (tertiary/aromatic N) is 4. The summed E-state index contributed by atoms with van der Waals surface area (Å²) in [4.78, 5) is 14.4. The Labute approximate surface area is 140 Å². The number of nitrogens with one attached hydrogen (secondary N) is 1. The summed E-state index contributed by atoms with van der Waals surface area (Å²) < 4.78 is 14.9. The molecule has 2 heterocycles. The van der Waals surface area contributed by atoms with Gasteiger partial charge < -0.3 is 14.8 Å². The van der Waals surface area contributed by atoms with Crippen LogP contribution in [0.5, 0.6) is 0 Å². The molecule has 1 aromatic carbocycles. The molecule has 2 aromatic rings. The molecule has 128 valence electrons. The van der Waals surface area contributed by atoms with Crippen molar-refractivity contribution in [3.05, 3.63) is 47.8 Å². The molecule has 0 radical (unpaired) electrons. The monoisotopic (exact) mass is 331 g/mol. The van der Waals surface area contributed by atoms with Gasteiger partial charge in [-0.2, -0.15) is 0 Å². The summed E-state index contributed by atoms with van der Waals surface area (Å²) in [7, 11) is 1.92. The van der Waals surface area contributed by atoms with Crippen LogP contribution in [0.1, 0.15) is 43.1 Å². The van der Waals surface area contributed by atoms with Crippen LogP contribution in [0.3, 0.4) is 0 Å². The number of likely N-dealkylation sites (tertiary alicyclic amines) is 1. The maximum Gasteiger partial charge on any atom is 0.317 e. The molecule has 0 spiro atoms. The van der Waals surface area contributed by atoms with Crippen LogP contribution < -0.4 is 5.32 Å². The SMILES string of the molecule is C[C@@H](NC(=O)N1CCC[C@H](c2nncn2C)C1)c1ccc(F)cc1. The molecule has 1 saturated heterocycles.